The Bertz CT molecular complexity index is 949. The Morgan fingerprint density at radius 3 is 2.48 bits per heavy atom. The molecule has 1 atom stereocenters. The number of pyridine rings is 1. The van der Waals surface area contributed by atoms with Crippen molar-refractivity contribution < 1.29 is 9.18 Å². The van der Waals surface area contributed by atoms with Gasteiger partial charge in [-0.15, -0.1) is 0 Å². The molecule has 0 aliphatic heterocycles. The molecule has 0 radical (unpaired) electrons. The minimum atomic E-state index is -0.286. The lowest BCUT2D eigenvalue weighted by Gasteiger charge is -2.35. The van der Waals surface area contributed by atoms with E-state index in [0.29, 0.717) is 33.8 Å². The van der Waals surface area contributed by atoms with Crippen molar-refractivity contribution in [2.75, 3.05) is 0 Å². The Balaban J connectivity index is 1.97. The first-order valence-corrected chi connectivity index (χ1v) is 11.1. The maximum absolute atomic E-state index is 13.4. The molecule has 0 spiro atoms. The third kappa shape index (κ3) is 4.47. The average Bonchev–Trinajstić information content (AvgIpc) is 2.65. The van der Waals surface area contributed by atoms with Gasteiger partial charge in [0.2, 0.25) is 0 Å². The smallest absolute Gasteiger partial charge is 0.265 e. The third-order valence-corrected chi connectivity index (χ3v) is 6.94. The fourth-order valence-corrected chi connectivity index (χ4v) is 4.41. The Hall–Kier alpha value is -1.95. The van der Waals surface area contributed by atoms with Gasteiger partial charge in [-0.2, -0.15) is 0 Å². The molecule has 29 heavy (non-hydrogen) atoms. The maximum Gasteiger partial charge on any atom is 0.265 e. The van der Waals surface area contributed by atoms with Crippen LogP contribution in [0.2, 0.25) is 0 Å². The molecule has 1 aliphatic rings. The van der Waals surface area contributed by atoms with Gasteiger partial charge in [-0.25, -0.2) is 4.39 Å². The molecule has 1 fully saturated rings. The van der Waals surface area contributed by atoms with Crippen molar-refractivity contribution in [1.29, 1.82) is 0 Å². The van der Waals surface area contributed by atoms with Gasteiger partial charge >= 0.3 is 0 Å². The molecule has 0 bridgehead atoms. The van der Waals surface area contributed by atoms with Crippen LogP contribution in [0.3, 0.4) is 0 Å². The minimum Gasteiger partial charge on any atom is -0.345 e. The van der Waals surface area contributed by atoms with Crippen molar-refractivity contribution in [3.8, 4) is 0 Å². The van der Waals surface area contributed by atoms with Crippen LogP contribution in [0.1, 0.15) is 72.2 Å². The number of nitrogens with zero attached hydrogens (tertiary/aromatic N) is 1. The first kappa shape index (κ1) is 21.8. The van der Waals surface area contributed by atoms with Crippen molar-refractivity contribution in [3.05, 3.63) is 67.3 Å². The van der Waals surface area contributed by atoms with Crippen molar-refractivity contribution >= 4 is 21.8 Å². The largest absolute Gasteiger partial charge is 0.345 e. The van der Waals surface area contributed by atoms with Gasteiger partial charge in [-0.05, 0) is 78.2 Å². The number of aromatic nitrogens is 1. The Morgan fingerprint density at radius 2 is 1.93 bits per heavy atom. The van der Waals surface area contributed by atoms with Crippen LogP contribution in [0, 0.1) is 25.6 Å². The topological polar surface area (TPSA) is 51.1 Å². The summed E-state index contributed by atoms with van der Waals surface area (Å²) in [6.07, 6.45) is 5.06. The number of halogens is 2. The predicted octanol–water partition coefficient (Wildman–Crippen LogP) is 5.44. The van der Waals surface area contributed by atoms with E-state index in [9.17, 15) is 14.0 Å². The summed E-state index contributed by atoms with van der Waals surface area (Å²) >= 11 is 3.39. The van der Waals surface area contributed by atoms with Crippen LogP contribution in [0.25, 0.3) is 0 Å². The molecule has 0 saturated heterocycles. The number of hydrogen-bond acceptors (Lipinski definition) is 2. The SMILES string of the molecule is CCCCn1c(C)c(C(=O)N[C@H](c2ccc(F)cc2)C2CCC2)c(C)c(Br)c1=O. The molecule has 156 valence electrons. The number of rotatable bonds is 7. The molecule has 1 aliphatic carbocycles. The summed E-state index contributed by atoms with van der Waals surface area (Å²) in [5.74, 6) is -0.127. The summed E-state index contributed by atoms with van der Waals surface area (Å²) in [5, 5.41) is 3.19. The minimum absolute atomic E-state index is 0.0981. The fourth-order valence-electron chi connectivity index (χ4n) is 4.00. The molecule has 1 saturated carbocycles. The normalized spacial score (nSPS) is 15.1. The molecule has 1 N–H and O–H groups in total. The second-order valence-electron chi connectivity index (χ2n) is 7.90. The van der Waals surface area contributed by atoms with E-state index in [4.69, 9.17) is 0 Å². The molecular formula is C23H28BrFN2O2. The van der Waals surface area contributed by atoms with Gasteiger partial charge in [0.05, 0.1) is 16.1 Å². The van der Waals surface area contributed by atoms with Crippen LogP contribution in [0.4, 0.5) is 4.39 Å². The molecule has 2 aromatic rings. The fraction of sp³-hybridized carbons (Fsp3) is 0.478. The quantitative estimate of drug-likeness (QED) is 0.595. The Labute approximate surface area is 179 Å². The van der Waals surface area contributed by atoms with Crippen LogP contribution >= 0.6 is 15.9 Å². The maximum atomic E-state index is 13.4. The second kappa shape index (κ2) is 9.24. The monoisotopic (exact) mass is 462 g/mol. The molecule has 6 heteroatoms. The van der Waals surface area contributed by atoms with Crippen molar-refractivity contribution in [2.45, 2.75) is 65.5 Å². The van der Waals surface area contributed by atoms with Crippen LogP contribution < -0.4 is 10.9 Å². The number of unbranched alkanes of at least 4 members (excludes halogenated alkanes) is 1. The van der Waals surface area contributed by atoms with Gasteiger partial charge in [0.25, 0.3) is 11.5 Å². The first-order valence-electron chi connectivity index (χ1n) is 10.3. The van der Waals surface area contributed by atoms with Crippen LogP contribution in [0.15, 0.2) is 33.5 Å². The number of benzene rings is 1. The van der Waals surface area contributed by atoms with Gasteiger partial charge in [0, 0.05) is 12.2 Å². The van der Waals surface area contributed by atoms with E-state index in [1.165, 1.54) is 12.1 Å². The highest BCUT2D eigenvalue weighted by Gasteiger charge is 2.31. The second-order valence-corrected chi connectivity index (χ2v) is 8.70. The summed E-state index contributed by atoms with van der Waals surface area (Å²) in [5.41, 5.74) is 2.70. The van der Waals surface area contributed by atoms with Crippen LogP contribution in [-0.2, 0) is 6.54 Å². The van der Waals surface area contributed by atoms with E-state index in [0.717, 1.165) is 37.7 Å². The van der Waals surface area contributed by atoms with Crippen LogP contribution in [0.5, 0.6) is 0 Å². The lowest BCUT2D eigenvalue weighted by molar-refractivity contribution is 0.0898. The van der Waals surface area contributed by atoms with Gasteiger partial charge in [0.15, 0.2) is 0 Å². The van der Waals surface area contributed by atoms with Crippen LogP contribution in [-0.4, -0.2) is 10.5 Å². The van der Waals surface area contributed by atoms with E-state index in [1.807, 2.05) is 6.92 Å². The van der Waals surface area contributed by atoms with Crippen molar-refractivity contribution in [2.24, 2.45) is 5.92 Å². The van der Waals surface area contributed by atoms with E-state index >= 15 is 0 Å². The summed E-state index contributed by atoms with van der Waals surface area (Å²) in [4.78, 5) is 26.0. The predicted molar refractivity (Wildman–Crippen MR) is 117 cm³/mol. The number of nitrogens with one attached hydrogen (secondary N) is 1. The molecule has 1 amide bonds. The van der Waals surface area contributed by atoms with E-state index in [-0.39, 0.29) is 23.3 Å². The summed E-state index contributed by atoms with van der Waals surface area (Å²) in [7, 11) is 0. The lowest BCUT2D eigenvalue weighted by Crippen LogP contribution is -2.38. The zero-order chi connectivity index (χ0) is 21.1. The van der Waals surface area contributed by atoms with Gasteiger partial charge < -0.3 is 9.88 Å². The zero-order valence-corrected chi connectivity index (χ0v) is 18.8. The van der Waals surface area contributed by atoms with E-state index < -0.39 is 0 Å². The van der Waals surface area contributed by atoms with Crippen molar-refractivity contribution in [1.82, 2.24) is 9.88 Å². The third-order valence-electron chi connectivity index (χ3n) is 6.00. The number of amides is 1. The lowest BCUT2D eigenvalue weighted by atomic mass is 9.77. The molecule has 1 aromatic carbocycles. The standard InChI is InChI=1S/C23H28BrFN2O2/c1-4-5-13-27-15(3)19(14(2)20(24)23(27)29)22(28)26-21(16-7-6-8-16)17-9-11-18(25)12-10-17/h9-12,16,21H,4-8,13H2,1-3H3,(H,26,28)/t21-/m0/s1. The molecule has 1 heterocycles. The summed E-state index contributed by atoms with van der Waals surface area (Å²) < 4.78 is 15.5. The van der Waals surface area contributed by atoms with Crippen molar-refractivity contribution in [3.63, 3.8) is 0 Å². The molecule has 0 unspecified atom stereocenters. The average molecular weight is 463 g/mol. The van der Waals surface area contributed by atoms with E-state index in [2.05, 4.69) is 28.2 Å². The molecule has 3 rings (SSSR count). The first-order chi connectivity index (χ1) is 13.8. The molecule has 4 nitrogen and oxygen atoms in total. The number of carbonyl (C=O) groups excluding carboxylic acids is 1. The Kier molecular flexibility index (Phi) is 6.93. The molecular weight excluding hydrogens is 435 g/mol. The van der Waals surface area contributed by atoms with Gasteiger partial charge in [-0.1, -0.05) is 31.9 Å². The highest BCUT2D eigenvalue weighted by atomic mass is 79.9. The highest BCUT2D eigenvalue weighted by Crippen LogP contribution is 2.38. The summed E-state index contributed by atoms with van der Waals surface area (Å²) in [6.45, 7) is 6.29. The zero-order valence-electron chi connectivity index (χ0n) is 17.2. The Morgan fingerprint density at radius 1 is 1.28 bits per heavy atom. The van der Waals surface area contributed by atoms with E-state index in [1.54, 1.807) is 23.6 Å². The van der Waals surface area contributed by atoms with Gasteiger partial charge in [0.1, 0.15) is 5.82 Å². The number of carbonyl (C=O) groups is 1. The number of hydrogen-bond donors (Lipinski definition) is 1. The molecule has 1 aromatic heterocycles. The van der Waals surface area contributed by atoms with Gasteiger partial charge in [-0.3, -0.25) is 9.59 Å². The summed E-state index contributed by atoms with van der Waals surface area (Å²) in [6, 6.07) is 6.20. The highest BCUT2D eigenvalue weighted by molar-refractivity contribution is 9.10.